The number of para-hydroxylation sites is 1. The molecule has 0 bridgehead atoms. The Labute approximate surface area is 141 Å². The van der Waals surface area contributed by atoms with Gasteiger partial charge in [-0.15, -0.1) is 0 Å². The van der Waals surface area contributed by atoms with Crippen molar-refractivity contribution in [1.82, 2.24) is 20.1 Å². The molecule has 1 aliphatic heterocycles. The van der Waals surface area contributed by atoms with Gasteiger partial charge in [0.15, 0.2) is 0 Å². The molecule has 0 spiro atoms. The highest BCUT2D eigenvalue weighted by atomic mass is 16.2. The van der Waals surface area contributed by atoms with Crippen LogP contribution in [0.4, 0.5) is 0 Å². The summed E-state index contributed by atoms with van der Waals surface area (Å²) in [6, 6.07) is 10.0. The molecule has 0 radical (unpaired) electrons. The average Bonchev–Trinajstić information content (AvgIpc) is 2.87. The lowest BCUT2D eigenvalue weighted by Gasteiger charge is -2.31. The SMILES string of the molecule is Cc1cc2ccccc2n1CCNC(=O)C[C@@H]1C(=O)NCCN1C. The van der Waals surface area contributed by atoms with E-state index in [-0.39, 0.29) is 24.3 Å². The quantitative estimate of drug-likeness (QED) is 0.856. The number of aromatic nitrogens is 1. The fourth-order valence-electron chi connectivity index (χ4n) is 3.28. The maximum Gasteiger partial charge on any atom is 0.237 e. The second kappa shape index (κ2) is 7.05. The molecule has 0 aliphatic carbocycles. The van der Waals surface area contributed by atoms with Gasteiger partial charge in [-0.2, -0.15) is 0 Å². The molecule has 1 fully saturated rings. The molecule has 1 aromatic heterocycles. The summed E-state index contributed by atoms with van der Waals surface area (Å²) in [6.45, 7) is 4.77. The first-order valence-electron chi connectivity index (χ1n) is 8.36. The first-order chi connectivity index (χ1) is 11.6. The molecule has 1 atom stereocenters. The summed E-state index contributed by atoms with van der Waals surface area (Å²) >= 11 is 0. The van der Waals surface area contributed by atoms with Gasteiger partial charge in [-0.05, 0) is 31.5 Å². The van der Waals surface area contributed by atoms with Crippen molar-refractivity contribution in [3.05, 3.63) is 36.0 Å². The topological polar surface area (TPSA) is 66.4 Å². The van der Waals surface area contributed by atoms with Crippen molar-refractivity contribution in [2.75, 3.05) is 26.7 Å². The van der Waals surface area contributed by atoms with Crippen LogP contribution < -0.4 is 10.6 Å². The third-order valence-corrected chi connectivity index (χ3v) is 4.65. The number of hydrogen-bond acceptors (Lipinski definition) is 3. The number of piperazine rings is 1. The van der Waals surface area contributed by atoms with Crippen LogP contribution in [0.3, 0.4) is 0 Å². The van der Waals surface area contributed by atoms with Crippen molar-refractivity contribution in [1.29, 1.82) is 0 Å². The summed E-state index contributed by atoms with van der Waals surface area (Å²) < 4.78 is 2.20. The number of amides is 2. The third-order valence-electron chi connectivity index (χ3n) is 4.65. The largest absolute Gasteiger partial charge is 0.354 e. The highest BCUT2D eigenvalue weighted by Crippen LogP contribution is 2.18. The first-order valence-corrected chi connectivity index (χ1v) is 8.36. The number of rotatable bonds is 5. The summed E-state index contributed by atoms with van der Waals surface area (Å²) in [5.41, 5.74) is 2.35. The van der Waals surface area contributed by atoms with Gasteiger partial charge in [-0.25, -0.2) is 0 Å². The summed E-state index contributed by atoms with van der Waals surface area (Å²) in [5, 5.41) is 6.95. The van der Waals surface area contributed by atoms with Crippen LogP contribution in [0, 0.1) is 6.92 Å². The average molecular weight is 328 g/mol. The molecule has 0 saturated carbocycles. The van der Waals surface area contributed by atoms with Crippen molar-refractivity contribution in [3.8, 4) is 0 Å². The lowest BCUT2D eigenvalue weighted by atomic mass is 10.1. The van der Waals surface area contributed by atoms with Crippen LogP contribution in [0.5, 0.6) is 0 Å². The fraction of sp³-hybridized carbons (Fsp3) is 0.444. The van der Waals surface area contributed by atoms with Crippen molar-refractivity contribution < 1.29 is 9.59 Å². The Morgan fingerprint density at radius 1 is 1.38 bits per heavy atom. The van der Waals surface area contributed by atoms with Gasteiger partial charge in [0.1, 0.15) is 0 Å². The van der Waals surface area contributed by atoms with Crippen LogP contribution in [-0.4, -0.2) is 54.0 Å². The Bertz CT molecular complexity index is 753. The highest BCUT2D eigenvalue weighted by Gasteiger charge is 2.28. The van der Waals surface area contributed by atoms with Gasteiger partial charge in [0.2, 0.25) is 11.8 Å². The smallest absolute Gasteiger partial charge is 0.237 e. The second-order valence-corrected chi connectivity index (χ2v) is 6.34. The van der Waals surface area contributed by atoms with Crippen LogP contribution in [0.1, 0.15) is 12.1 Å². The zero-order valence-electron chi connectivity index (χ0n) is 14.2. The van der Waals surface area contributed by atoms with E-state index >= 15 is 0 Å². The zero-order valence-corrected chi connectivity index (χ0v) is 14.2. The molecule has 1 aliphatic rings. The molecule has 0 unspecified atom stereocenters. The Morgan fingerprint density at radius 2 is 2.17 bits per heavy atom. The molecule has 3 rings (SSSR count). The molecule has 128 valence electrons. The van der Waals surface area contributed by atoms with Crippen LogP contribution >= 0.6 is 0 Å². The van der Waals surface area contributed by atoms with Gasteiger partial charge in [0.25, 0.3) is 0 Å². The Balaban J connectivity index is 1.55. The summed E-state index contributed by atoms with van der Waals surface area (Å²) in [4.78, 5) is 25.9. The van der Waals surface area contributed by atoms with E-state index in [9.17, 15) is 9.59 Å². The van der Waals surface area contributed by atoms with Crippen LogP contribution in [0.15, 0.2) is 30.3 Å². The van der Waals surface area contributed by atoms with Gasteiger partial charge in [-0.1, -0.05) is 18.2 Å². The van der Waals surface area contributed by atoms with Crippen molar-refractivity contribution in [3.63, 3.8) is 0 Å². The monoisotopic (exact) mass is 328 g/mol. The third kappa shape index (κ3) is 3.43. The van der Waals surface area contributed by atoms with E-state index in [1.54, 1.807) is 0 Å². The highest BCUT2D eigenvalue weighted by molar-refractivity contribution is 5.88. The molecular weight excluding hydrogens is 304 g/mol. The van der Waals surface area contributed by atoms with Gasteiger partial charge in [0, 0.05) is 37.4 Å². The normalized spacial score (nSPS) is 18.6. The van der Waals surface area contributed by atoms with Crippen LogP contribution in [0.25, 0.3) is 10.9 Å². The molecule has 1 saturated heterocycles. The molecule has 2 amide bonds. The van der Waals surface area contributed by atoms with Gasteiger partial charge in [-0.3, -0.25) is 14.5 Å². The van der Waals surface area contributed by atoms with Crippen molar-refractivity contribution in [2.24, 2.45) is 0 Å². The number of hydrogen-bond donors (Lipinski definition) is 2. The van der Waals surface area contributed by atoms with E-state index in [2.05, 4.69) is 40.3 Å². The van der Waals surface area contributed by atoms with Crippen molar-refractivity contribution >= 4 is 22.7 Å². The number of carbonyl (C=O) groups excluding carboxylic acids is 2. The maximum absolute atomic E-state index is 12.2. The summed E-state index contributed by atoms with van der Waals surface area (Å²) in [7, 11) is 1.88. The van der Waals surface area contributed by atoms with Gasteiger partial charge >= 0.3 is 0 Å². The lowest BCUT2D eigenvalue weighted by Crippen LogP contribution is -2.55. The number of fused-ring (bicyclic) bond motifs is 1. The summed E-state index contributed by atoms with van der Waals surface area (Å²) in [5.74, 6) is -0.149. The molecule has 6 heteroatoms. The summed E-state index contributed by atoms with van der Waals surface area (Å²) in [6.07, 6.45) is 0.202. The Kier molecular flexibility index (Phi) is 4.85. The minimum absolute atomic E-state index is 0.0638. The molecule has 6 nitrogen and oxygen atoms in total. The van der Waals surface area contributed by atoms with E-state index in [0.717, 1.165) is 13.1 Å². The molecule has 2 aromatic rings. The van der Waals surface area contributed by atoms with Crippen LogP contribution in [0.2, 0.25) is 0 Å². The maximum atomic E-state index is 12.2. The van der Waals surface area contributed by atoms with Crippen LogP contribution in [-0.2, 0) is 16.1 Å². The first kappa shape index (κ1) is 16.5. The van der Waals surface area contributed by atoms with E-state index in [1.807, 2.05) is 24.1 Å². The predicted molar refractivity (Wildman–Crippen MR) is 93.7 cm³/mol. The molecular formula is C18H24N4O2. The number of likely N-dealkylation sites (N-methyl/N-ethyl adjacent to an activating group) is 1. The molecule has 2 N–H and O–H groups in total. The number of aryl methyl sites for hydroxylation is 1. The zero-order chi connectivity index (χ0) is 17.1. The van der Waals surface area contributed by atoms with Crippen molar-refractivity contribution in [2.45, 2.75) is 25.9 Å². The predicted octanol–water partition coefficient (Wildman–Crippen LogP) is 0.886. The number of carbonyl (C=O) groups is 2. The van der Waals surface area contributed by atoms with E-state index < -0.39 is 0 Å². The number of nitrogens with one attached hydrogen (secondary N) is 2. The molecule has 1 aromatic carbocycles. The van der Waals surface area contributed by atoms with E-state index in [0.29, 0.717) is 13.1 Å². The molecule has 24 heavy (non-hydrogen) atoms. The minimum Gasteiger partial charge on any atom is -0.354 e. The molecule has 2 heterocycles. The lowest BCUT2D eigenvalue weighted by molar-refractivity contribution is -0.133. The Morgan fingerprint density at radius 3 is 2.96 bits per heavy atom. The fourth-order valence-corrected chi connectivity index (χ4v) is 3.28. The Hall–Kier alpha value is -2.34. The van der Waals surface area contributed by atoms with E-state index in [1.165, 1.54) is 16.6 Å². The van der Waals surface area contributed by atoms with Gasteiger partial charge in [0.05, 0.1) is 12.5 Å². The number of nitrogens with zero attached hydrogens (tertiary/aromatic N) is 2. The van der Waals surface area contributed by atoms with Gasteiger partial charge < -0.3 is 15.2 Å². The van der Waals surface area contributed by atoms with E-state index in [4.69, 9.17) is 0 Å². The minimum atomic E-state index is -0.368. The second-order valence-electron chi connectivity index (χ2n) is 6.34. The standard InChI is InChI=1S/C18H24N4O2/c1-13-11-14-5-3-4-6-15(14)22(13)10-8-19-17(23)12-16-18(24)20-7-9-21(16)2/h3-6,11,16H,7-10,12H2,1-2H3,(H,19,23)(H,20,24)/t16-/m1/s1. The number of benzene rings is 1.